The summed E-state index contributed by atoms with van der Waals surface area (Å²) in [4.78, 5) is 0. The lowest BCUT2D eigenvalue weighted by atomic mass is 10.0. The van der Waals surface area contributed by atoms with E-state index in [0.717, 1.165) is 11.1 Å². The van der Waals surface area contributed by atoms with E-state index in [1.54, 1.807) is 17.4 Å². The summed E-state index contributed by atoms with van der Waals surface area (Å²) in [7, 11) is 0. The van der Waals surface area contributed by atoms with Crippen molar-refractivity contribution in [2.75, 3.05) is 0 Å². The molecule has 0 unspecified atom stereocenters. The minimum Gasteiger partial charge on any atom is -0.504 e. The number of hydrogen-bond donors (Lipinski definition) is 3. The first-order valence-electron chi connectivity index (χ1n) is 4.48. The van der Waals surface area contributed by atoms with Crippen LogP contribution in [0.15, 0.2) is 35.0 Å². The minimum absolute atomic E-state index is 0. The minimum atomic E-state index is -0.261. The van der Waals surface area contributed by atoms with E-state index in [-0.39, 0.29) is 29.9 Å². The van der Waals surface area contributed by atoms with Crippen molar-refractivity contribution in [3.8, 4) is 11.5 Å². The molecule has 0 aliphatic heterocycles. The van der Waals surface area contributed by atoms with Gasteiger partial charge in [0.15, 0.2) is 11.5 Å². The van der Waals surface area contributed by atoms with Gasteiger partial charge in [0.25, 0.3) is 0 Å². The highest BCUT2D eigenvalue weighted by molar-refractivity contribution is 7.08. The van der Waals surface area contributed by atoms with Crippen LogP contribution in [0.2, 0.25) is 0 Å². The normalized spacial score (nSPS) is 11.8. The van der Waals surface area contributed by atoms with Gasteiger partial charge in [-0.3, -0.25) is 0 Å². The third kappa shape index (κ3) is 2.47. The van der Waals surface area contributed by atoms with Gasteiger partial charge in [-0.1, -0.05) is 6.07 Å². The zero-order chi connectivity index (χ0) is 10.8. The van der Waals surface area contributed by atoms with Crippen LogP contribution in [0.25, 0.3) is 0 Å². The molecule has 2 aromatic rings. The topological polar surface area (TPSA) is 66.5 Å². The molecule has 16 heavy (non-hydrogen) atoms. The van der Waals surface area contributed by atoms with E-state index in [4.69, 9.17) is 10.8 Å². The number of phenolic OH excluding ortho intramolecular Hbond substituents is 2. The molecular weight excluding hydrogens is 246 g/mol. The molecule has 1 aromatic heterocycles. The maximum atomic E-state index is 9.34. The van der Waals surface area contributed by atoms with E-state index >= 15 is 0 Å². The van der Waals surface area contributed by atoms with Crippen molar-refractivity contribution in [3.63, 3.8) is 0 Å². The molecule has 0 spiro atoms. The highest BCUT2D eigenvalue weighted by atomic mass is 35.5. The monoisotopic (exact) mass is 257 g/mol. The van der Waals surface area contributed by atoms with Crippen LogP contribution in [0.5, 0.6) is 11.5 Å². The van der Waals surface area contributed by atoms with E-state index in [9.17, 15) is 5.11 Å². The second kappa shape index (κ2) is 5.21. The summed E-state index contributed by atoms with van der Waals surface area (Å²) in [6.07, 6.45) is 0. The molecule has 2 rings (SSSR count). The smallest absolute Gasteiger partial charge is 0.157 e. The Bertz CT molecular complexity index is 459. The molecule has 0 radical (unpaired) electrons. The summed E-state index contributed by atoms with van der Waals surface area (Å²) in [5.41, 5.74) is 7.78. The van der Waals surface area contributed by atoms with Gasteiger partial charge in [-0.05, 0) is 40.1 Å². The van der Waals surface area contributed by atoms with Crippen LogP contribution in [-0.4, -0.2) is 10.2 Å². The fourth-order valence-corrected chi connectivity index (χ4v) is 2.07. The Morgan fingerprint density at radius 2 is 1.81 bits per heavy atom. The van der Waals surface area contributed by atoms with Crippen LogP contribution in [-0.2, 0) is 0 Å². The number of phenols is 2. The quantitative estimate of drug-likeness (QED) is 0.725. The Labute approximate surface area is 104 Å². The predicted octanol–water partition coefficient (Wildman–Crippen LogP) is 2.63. The van der Waals surface area contributed by atoms with Crippen molar-refractivity contribution in [2.24, 2.45) is 5.73 Å². The largest absolute Gasteiger partial charge is 0.504 e. The number of rotatable bonds is 2. The van der Waals surface area contributed by atoms with Crippen LogP contribution < -0.4 is 5.73 Å². The van der Waals surface area contributed by atoms with Crippen LogP contribution in [0.3, 0.4) is 0 Å². The third-order valence-electron chi connectivity index (χ3n) is 2.26. The molecule has 0 saturated carbocycles. The fraction of sp³-hybridized carbons (Fsp3) is 0.0909. The Morgan fingerprint density at radius 3 is 2.38 bits per heavy atom. The van der Waals surface area contributed by atoms with Crippen molar-refractivity contribution in [1.29, 1.82) is 0 Å². The zero-order valence-electron chi connectivity index (χ0n) is 8.33. The van der Waals surface area contributed by atoms with Gasteiger partial charge in [0.05, 0.1) is 6.04 Å². The lowest BCUT2D eigenvalue weighted by molar-refractivity contribution is 0.403. The van der Waals surface area contributed by atoms with Crippen LogP contribution >= 0.6 is 23.7 Å². The lowest BCUT2D eigenvalue weighted by Gasteiger charge is -2.11. The summed E-state index contributed by atoms with van der Waals surface area (Å²) in [6.45, 7) is 0. The Hall–Kier alpha value is -1.23. The van der Waals surface area contributed by atoms with E-state index in [1.807, 2.05) is 16.8 Å². The molecule has 0 bridgehead atoms. The SMILES string of the molecule is Cl.N[C@@H](c1ccsc1)c1ccc(O)c(O)c1. The maximum Gasteiger partial charge on any atom is 0.157 e. The number of halogens is 1. The van der Waals surface area contributed by atoms with E-state index in [2.05, 4.69) is 0 Å². The molecular formula is C11H12ClNO2S. The van der Waals surface area contributed by atoms with Gasteiger partial charge < -0.3 is 15.9 Å². The number of thiophene rings is 1. The molecule has 4 N–H and O–H groups in total. The molecule has 5 heteroatoms. The van der Waals surface area contributed by atoms with Gasteiger partial charge in [0.1, 0.15) is 0 Å². The van der Waals surface area contributed by atoms with Gasteiger partial charge in [0, 0.05) is 0 Å². The second-order valence-corrected chi connectivity index (χ2v) is 4.06. The number of aromatic hydroxyl groups is 2. The summed E-state index contributed by atoms with van der Waals surface area (Å²) >= 11 is 1.58. The molecule has 1 heterocycles. The first-order valence-corrected chi connectivity index (χ1v) is 5.42. The van der Waals surface area contributed by atoms with Crippen molar-refractivity contribution in [3.05, 3.63) is 46.2 Å². The fourth-order valence-electron chi connectivity index (χ4n) is 1.38. The first kappa shape index (κ1) is 12.8. The third-order valence-corrected chi connectivity index (χ3v) is 2.96. The predicted molar refractivity (Wildman–Crippen MR) is 67.4 cm³/mol. The summed E-state index contributed by atoms with van der Waals surface area (Å²) in [5, 5.41) is 22.4. The Kier molecular flexibility index (Phi) is 4.18. The standard InChI is InChI=1S/C11H11NO2S.ClH/c12-11(8-3-4-15-6-8)7-1-2-9(13)10(14)5-7;/h1-6,11,13-14H,12H2;1H/t11-;/m1./s1. The molecule has 0 saturated heterocycles. The van der Waals surface area contributed by atoms with E-state index in [1.165, 1.54) is 12.1 Å². The van der Waals surface area contributed by atoms with Crippen molar-refractivity contribution >= 4 is 23.7 Å². The molecule has 0 aliphatic carbocycles. The van der Waals surface area contributed by atoms with Crippen LogP contribution in [0.4, 0.5) is 0 Å². The summed E-state index contributed by atoms with van der Waals surface area (Å²) in [5.74, 6) is -0.269. The molecule has 1 aromatic carbocycles. The molecule has 0 amide bonds. The Balaban J connectivity index is 0.00000128. The van der Waals surface area contributed by atoms with E-state index < -0.39 is 0 Å². The van der Waals surface area contributed by atoms with Gasteiger partial charge in [0.2, 0.25) is 0 Å². The first-order chi connectivity index (χ1) is 7.18. The van der Waals surface area contributed by atoms with Crippen LogP contribution in [0, 0.1) is 0 Å². The zero-order valence-corrected chi connectivity index (χ0v) is 9.96. The summed E-state index contributed by atoms with van der Waals surface area (Å²) in [6, 6.07) is 6.31. The number of benzene rings is 1. The highest BCUT2D eigenvalue weighted by Crippen LogP contribution is 2.29. The van der Waals surface area contributed by atoms with Crippen molar-refractivity contribution < 1.29 is 10.2 Å². The Morgan fingerprint density at radius 1 is 1.06 bits per heavy atom. The second-order valence-electron chi connectivity index (χ2n) is 3.28. The van der Waals surface area contributed by atoms with Gasteiger partial charge in [-0.2, -0.15) is 11.3 Å². The average molecular weight is 258 g/mol. The van der Waals surface area contributed by atoms with Crippen molar-refractivity contribution in [2.45, 2.75) is 6.04 Å². The molecule has 86 valence electrons. The van der Waals surface area contributed by atoms with Gasteiger partial charge in [-0.25, -0.2) is 0 Å². The average Bonchev–Trinajstić information content (AvgIpc) is 2.74. The molecule has 1 atom stereocenters. The molecule has 0 fully saturated rings. The van der Waals surface area contributed by atoms with Crippen LogP contribution in [0.1, 0.15) is 17.2 Å². The van der Waals surface area contributed by atoms with E-state index in [0.29, 0.717) is 0 Å². The van der Waals surface area contributed by atoms with Gasteiger partial charge >= 0.3 is 0 Å². The number of nitrogens with two attached hydrogens (primary N) is 1. The highest BCUT2D eigenvalue weighted by Gasteiger charge is 2.11. The number of hydrogen-bond acceptors (Lipinski definition) is 4. The summed E-state index contributed by atoms with van der Waals surface area (Å²) < 4.78 is 0. The van der Waals surface area contributed by atoms with Gasteiger partial charge in [-0.15, -0.1) is 12.4 Å². The molecule has 0 aliphatic rings. The molecule has 3 nitrogen and oxygen atoms in total. The van der Waals surface area contributed by atoms with Crippen molar-refractivity contribution in [1.82, 2.24) is 0 Å². The maximum absolute atomic E-state index is 9.34. The lowest BCUT2D eigenvalue weighted by Crippen LogP contribution is -2.10.